The van der Waals surface area contributed by atoms with Gasteiger partial charge in [0.05, 0.1) is 13.7 Å². The third-order valence-electron chi connectivity index (χ3n) is 4.30. The lowest BCUT2D eigenvalue weighted by Gasteiger charge is -2.12. The van der Waals surface area contributed by atoms with Gasteiger partial charge < -0.3 is 20.1 Å². The molecule has 0 saturated carbocycles. The predicted octanol–water partition coefficient (Wildman–Crippen LogP) is 4.03. The highest BCUT2D eigenvalue weighted by Crippen LogP contribution is 2.18. The van der Waals surface area contributed by atoms with E-state index in [1.54, 1.807) is 31.4 Å². The van der Waals surface area contributed by atoms with Gasteiger partial charge in [-0.25, -0.2) is 0 Å². The van der Waals surface area contributed by atoms with E-state index in [-0.39, 0.29) is 30.7 Å². The normalized spacial score (nSPS) is 11.0. The van der Waals surface area contributed by atoms with Crippen molar-refractivity contribution >= 4 is 29.2 Å². The maximum absolute atomic E-state index is 12.7. The first-order chi connectivity index (χ1) is 15.0. The number of methoxy groups -OCH3 is 1. The number of nitrogens with one attached hydrogen (secondary N) is 2. The summed E-state index contributed by atoms with van der Waals surface area (Å²) < 4.78 is 10.8. The number of carbonyl (C=O) groups is 2. The van der Waals surface area contributed by atoms with E-state index >= 15 is 0 Å². The molecule has 2 amide bonds. The Hall–Kier alpha value is -3.58. The molecule has 0 radical (unpaired) electrons. The number of aryl methyl sites for hydroxylation is 1. The van der Waals surface area contributed by atoms with Gasteiger partial charge in [-0.05, 0) is 48.7 Å². The zero-order chi connectivity index (χ0) is 22.1. The van der Waals surface area contributed by atoms with Crippen molar-refractivity contribution in [3.05, 3.63) is 87.7 Å². The van der Waals surface area contributed by atoms with Crippen molar-refractivity contribution in [1.29, 1.82) is 0 Å². The molecule has 31 heavy (non-hydrogen) atoms. The quantitative estimate of drug-likeness (QED) is 0.392. The summed E-state index contributed by atoms with van der Waals surface area (Å²) in [6, 6.07) is 18.2. The Morgan fingerprint density at radius 2 is 1.84 bits per heavy atom. The third kappa shape index (κ3) is 6.72. The van der Waals surface area contributed by atoms with E-state index in [4.69, 9.17) is 9.47 Å². The largest absolute Gasteiger partial charge is 0.497 e. The first-order valence-corrected chi connectivity index (χ1v) is 10.6. The number of hydrogen-bond acceptors (Lipinski definition) is 5. The minimum Gasteiger partial charge on any atom is -0.497 e. The average Bonchev–Trinajstić information content (AvgIpc) is 3.29. The molecule has 3 aromatic rings. The molecular weight excluding hydrogens is 412 g/mol. The van der Waals surface area contributed by atoms with Gasteiger partial charge >= 0.3 is 0 Å². The Kier molecular flexibility index (Phi) is 7.84. The van der Waals surface area contributed by atoms with Gasteiger partial charge in [-0.2, -0.15) is 0 Å². The smallest absolute Gasteiger partial charge is 0.267 e. The van der Waals surface area contributed by atoms with Gasteiger partial charge in [-0.15, -0.1) is 11.3 Å². The van der Waals surface area contributed by atoms with Crippen LogP contribution in [0, 0.1) is 6.92 Å². The number of carbonyl (C=O) groups excluding carboxylic acids is 2. The molecule has 0 bridgehead atoms. The van der Waals surface area contributed by atoms with Crippen molar-refractivity contribution in [3.63, 3.8) is 0 Å². The lowest BCUT2D eigenvalue weighted by molar-refractivity contribution is -0.117. The minimum atomic E-state index is -0.386. The maximum atomic E-state index is 12.7. The van der Waals surface area contributed by atoms with Gasteiger partial charge in [-0.1, -0.05) is 29.8 Å². The van der Waals surface area contributed by atoms with Crippen molar-refractivity contribution in [1.82, 2.24) is 10.6 Å². The fourth-order valence-electron chi connectivity index (χ4n) is 2.77. The molecule has 2 N–H and O–H groups in total. The Labute approximate surface area is 185 Å². The molecule has 1 aromatic heterocycles. The molecule has 6 nitrogen and oxygen atoms in total. The van der Waals surface area contributed by atoms with Crippen molar-refractivity contribution in [2.45, 2.75) is 6.92 Å². The van der Waals surface area contributed by atoms with E-state index in [0.29, 0.717) is 17.1 Å². The van der Waals surface area contributed by atoms with Crippen LogP contribution < -0.4 is 20.1 Å². The number of ether oxygens (including phenoxy) is 2. The number of amides is 2. The number of thiophene rings is 1. The first-order valence-electron chi connectivity index (χ1n) is 9.73. The fourth-order valence-corrected chi connectivity index (χ4v) is 3.43. The van der Waals surface area contributed by atoms with Crippen molar-refractivity contribution in [2.24, 2.45) is 0 Å². The Morgan fingerprint density at radius 1 is 1.03 bits per heavy atom. The summed E-state index contributed by atoms with van der Waals surface area (Å²) in [5.41, 5.74) is 1.64. The summed E-state index contributed by atoms with van der Waals surface area (Å²) in [6.07, 6.45) is 1.66. The molecule has 0 aliphatic rings. The molecule has 160 valence electrons. The van der Waals surface area contributed by atoms with Crippen LogP contribution in [-0.2, 0) is 4.79 Å². The van der Waals surface area contributed by atoms with Crippen molar-refractivity contribution in [2.75, 3.05) is 20.3 Å². The summed E-state index contributed by atoms with van der Waals surface area (Å²) in [5, 5.41) is 7.43. The minimum absolute atomic E-state index is 0.176. The lowest BCUT2D eigenvalue weighted by Crippen LogP contribution is -2.36. The predicted molar refractivity (Wildman–Crippen MR) is 122 cm³/mol. The fraction of sp³-hybridized carbons (Fsp3) is 0.167. The molecule has 2 aromatic carbocycles. The van der Waals surface area contributed by atoms with Gasteiger partial charge in [0.1, 0.15) is 23.8 Å². The molecule has 0 aliphatic carbocycles. The molecule has 1 heterocycles. The molecule has 0 fully saturated rings. The number of hydrogen-bond donors (Lipinski definition) is 2. The molecule has 0 unspecified atom stereocenters. The summed E-state index contributed by atoms with van der Waals surface area (Å²) in [7, 11) is 1.59. The van der Waals surface area contributed by atoms with Crippen LogP contribution in [0.1, 0.15) is 20.8 Å². The lowest BCUT2D eigenvalue weighted by atomic mass is 10.1. The van der Waals surface area contributed by atoms with Crippen LogP contribution >= 0.6 is 11.3 Å². The molecule has 0 spiro atoms. The second-order valence-corrected chi connectivity index (χ2v) is 7.66. The van der Waals surface area contributed by atoms with E-state index in [9.17, 15) is 9.59 Å². The van der Waals surface area contributed by atoms with Crippen LogP contribution in [0.3, 0.4) is 0 Å². The van der Waals surface area contributed by atoms with Gasteiger partial charge in [0.15, 0.2) is 0 Å². The molecule has 0 atom stereocenters. The van der Waals surface area contributed by atoms with Crippen molar-refractivity contribution in [3.8, 4) is 11.5 Å². The maximum Gasteiger partial charge on any atom is 0.267 e. The number of rotatable bonds is 9. The zero-order valence-corrected chi connectivity index (χ0v) is 18.2. The third-order valence-corrected chi connectivity index (χ3v) is 5.12. The van der Waals surface area contributed by atoms with E-state index in [1.165, 1.54) is 11.3 Å². The highest BCUT2D eigenvalue weighted by molar-refractivity contribution is 7.10. The van der Waals surface area contributed by atoms with Gasteiger partial charge in [0, 0.05) is 16.5 Å². The molecule has 3 rings (SSSR count). The van der Waals surface area contributed by atoms with Crippen LogP contribution in [0.2, 0.25) is 0 Å². The summed E-state index contributed by atoms with van der Waals surface area (Å²) in [6.45, 7) is 2.46. The summed E-state index contributed by atoms with van der Waals surface area (Å²) in [4.78, 5) is 26.3. The van der Waals surface area contributed by atoms with Gasteiger partial charge in [-0.3, -0.25) is 9.59 Å². The van der Waals surface area contributed by atoms with Crippen LogP contribution in [-0.4, -0.2) is 32.1 Å². The summed E-state index contributed by atoms with van der Waals surface area (Å²) in [5.74, 6) is 0.621. The van der Waals surface area contributed by atoms with Gasteiger partial charge in [0.25, 0.3) is 11.8 Å². The van der Waals surface area contributed by atoms with E-state index in [0.717, 1.165) is 10.4 Å². The van der Waals surface area contributed by atoms with Crippen molar-refractivity contribution < 1.29 is 19.1 Å². The highest BCUT2D eigenvalue weighted by atomic mass is 32.1. The molecular formula is C24H24N2O4S. The van der Waals surface area contributed by atoms with Crippen LogP contribution in [0.15, 0.2) is 71.7 Å². The van der Waals surface area contributed by atoms with Crippen LogP contribution in [0.25, 0.3) is 6.08 Å². The molecule has 0 aliphatic heterocycles. The van der Waals surface area contributed by atoms with Crippen LogP contribution in [0.5, 0.6) is 11.5 Å². The molecule has 0 saturated heterocycles. The highest BCUT2D eigenvalue weighted by Gasteiger charge is 2.15. The van der Waals surface area contributed by atoms with E-state index in [1.807, 2.05) is 54.8 Å². The Morgan fingerprint density at radius 3 is 2.58 bits per heavy atom. The van der Waals surface area contributed by atoms with E-state index in [2.05, 4.69) is 10.6 Å². The SMILES string of the molecule is COc1cccc(OCCNC(=O)/C(=C/c2cccs2)NC(=O)c2cccc(C)c2)c1. The summed E-state index contributed by atoms with van der Waals surface area (Å²) >= 11 is 1.48. The second-order valence-electron chi connectivity index (χ2n) is 6.68. The number of benzene rings is 2. The average molecular weight is 437 g/mol. The van der Waals surface area contributed by atoms with Crippen LogP contribution in [0.4, 0.5) is 0 Å². The Balaban J connectivity index is 1.62. The Bertz CT molecular complexity index is 1060. The van der Waals surface area contributed by atoms with Gasteiger partial charge in [0.2, 0.25) is 0 Å². The second kappa shape index (κ2) is 11.0. The zero-order valence-electron chi connectivity index (χ0n) is 17.4. The monoisotopic (exact) mass is 436 g/mol. The molecule has 7 heteroatoms. The van der Waals surface area contributed by atoms with E-state index < -0.39 is 0 Å². The topological polar surface area (TPSA) is 76.7 Å². The first kappa shape index (κ1) is 22.1. The standard InChI is InChI=1S/C24H24N2O4S/c1-17-6-3-7-18(14-17)23(27)26-22(16-21-10-5-13-31-21)24(28)25-11-12-30-20-9-4-8-19(15-20)29-2/h3-10,13-16H,11-12H2,1-2H3,(H,25,28)(H,26,27)/b22-16-.